The van der Waals surface area contributed by atoms with Gasteiger partial charge in [-0.05, 0) is 0 Å². The van der Waals surface area contributed by atoms with Gasteiger partial charge in [-0.1, -0.05) is 0 Å². The first kappa shape index (κ1) is 18.3. The summed E-state index contributed by atoms with van der Waals surface area (Å²) in [5.74, 6) is -0.230. The molecule has 0 spiro atoms. The van der Waals surface area contributed by atoms with Gasteiger partial charge in [-0.15, -0.1) is 0 Å². The lowest BCUT2D eigenvalue weighted by atomic mass is 10.2. The summed E-state index contributed by atoms with van der Waals surface area (Å²) in [6, 6.07) is 0. The minimum atomic E-state index is -0.230. The van der Waals surface area contributed by atoms with E-state index in [0.717, 1.165) is 19.6 Å². The molecule has 0 radical (unpaired) electrons. The molecule has 0 aromatic carbocycles. The second-order valence-electron chi connectivity index (χ2n) is 4.79. The molecule has 1 aliphatic heterocycles. The molecule has 124 valence electrons. The Morgan fingerprint density at radius 1 is 1.14 bits per heavy atom. The summed E-state index contributed by atoms with van der Waals surface area (Å²) in [6.07, 6.45) is 0.227. The van der Waals surface area contributed by atoms with Gasteiger partial charge in [-0.25, -0.2) is 0 Å². The molecule has 7 heteroatoms. The third kappa shape index (κ3) is 9.00. The Labute approximate surface area is 126 Å². The minimum absolute atomic E-state index is 0.0800. The highest BCUT2D eigenvalue weighted by Crippen LogP contribution is 2.09. The van der Waals surface area contributed by atoms with Crippen molar-refractivity contribution in [2.45, 2.75) is 12.5 Å². The van der Waals surface area contributed by atoms with E-state index in [1.807, 2.05) is 0 Å². The first-order valence-corrected chi connectivity index (χ1v) is 7.31. The van der Waals surface area contributed by atoms with Crippen LogP contribution in [0.3, 0.4) is 0 Å². The molecule has 0 saturated carbocycles. The molecule has 1 atom stereocenters. The summed E-state index contributed by atoms with van der Waals surface area (Å²) in [7, 11) is 3.04. The van der Waals surface area contributed by atoms with Crippen LogP contribution in [0.1, 0.15) is 6.42 Å². The molecule has 1 heterocycles. The van der Waals surface area contributed by atoms with Gasteiger partial charge in [0.05, 0.1) is 59.3 Å². The van der Waals surface area contributed by atoms with Crippen LogP contribution < -0.4 is 0 Å². The van der Waals surface area contributed by atoms with E-state index < -0.39 is 0 Å². The number of carbonyl (C=O) groups is 1. The lowest BCUT2D eigenvalue weighted by Crippen LogP contribution is -2.44. The largest absolute Gasteiger partial charge is 0.469 e. The van der Waals surface area contributed by atoms with Crippen molar-refractivity contribution in [2.24, 2.45) is 0 Å². The van der Waals surface area contributed by atoms with Crippen LogP contribution in [0.2, 0.25) is 0 Å². The van der Waals surface area contributed by atoms with E-state index in [2.05, 4.69) is 9.64 Å². The van der Waals surface area contributed by atoms with Crippen molar-refractivity contribution in [3.8, 4) is 0 Å². The molecule has 0 aromatic rings. The number of rotatable bonds is 11. The molecule has 0 bridgehead atoms. The van der Waals surface area contributed by atoms with E-state index in [-0.39, 0.29) is 12.1 Å². The fourth-order valence-corrected chi connectivity index (χ4v) is 2.03. The lowest BCUT2D eigenvalue weighted by Gasteiger charge is -2.32. The molecule has 0 amide bonds. The van der Waals surface area contributed by atoms with Gasteiger partial charge in [-0.3, -0.25) is 9.69 Å². The zero-order chi connectivity index (χ0) is 15.3. The van der Waals surface area contributed by atoms with E-state index in [0.29, 0.717) is 46.1 Å². The van der Waals surface area contributed by atoms with Crippen LogP contribution in [0.4, 0.5) is 0 Å². The van der Waals surface area contributed by atoms with Crippen LogP contribution in [0.25, 0.3) is 0 Å². The van der Waals surface area contributed by atoms with Crippen molar-refractivity contribution < 1.29 is 28.5 Å². The summed E-state index contributed by atoms with van der Waals surface area (Å²) in [5, 5.41) is 0. The second kappa shape index (κ2) is 11.9. The molecule has 1 rings (SSSR count). The number of hydrogen-bond donors (Lipinski definition) is 0. The van der Waals surface area contributed by atoms with Crippen molar-refractivity contribution in [1.29, 1.82) is 0 Å². The maximum Gasteiger partial charge on any atom is 0.308 e. The molecule has 0 N–H and O–H groups in total. The molecule has 21 heavy (non-hydrogen) atoms. The number of hydrogen-bond acceptors (Lipinski definition) is 7. The van der Waals surface area contributed by atoms with Gasteiger partial charge in [0, 0.05) is 26.7 Å². The predicted octanol–water partition coefficient (Wildman–Crippen LogP) is -0.0701. The van der Waals surface area contributed by atoms with Gasteiger partial charge in [-0.2, -0.15) is 0 Å². The Morgan fingerprint density at radius 2 is 1.86 bits per heavy atom. The topological polar surface area (TPSA) is 66.5 Å². The van der Waals surface area contributed by atoms with Crippen LogP contribution in [0.15, 0.2) is 0 Å². The number of ether oxygens (including phenoxy) is 5. The maximum absolute atomic E-state index is 11.2. The lowest BCUT2D eigenvalue weighted by molar-refractivity contribution is -0.145. The van der Waals surface area contributed by atoms with Crippen molar-refractivity contribution in [3.05, 3.63) is 0 Å². The summed E-state index contributed by atoms with van der Waals surface area (Å²) in [5.41, 5.74) is 0. The van der Waals surface area contributed by atoms with Crippen LogP contribution >= 0.6 is 0 Å². The fraction of sp³-hybridized carbons (Fsp3) is 0.929. The first-order chi connectivity index (χ1) is 10.3. The standard InChI is InChI=1S/C14H27NO6/c1-17-7-8-20-10-9-19-5-3-15-4-6-21-13(12-15)11-14(16)18-2/h13H,3-12H2,1-2H3. The Morgan fingerprint density at radius 3 is 2.57 bits per heavy atom. The number of nitrogens with zero attached hydrogens (tertiary/aromatic N) is 1. The molecule has 1 aliphatic rings. The molecule has 0 aromatic heterocycles. The quantitative estimate of drug-likeness (QED) is 0.391. The zero-order valence-electron chi connectivity index (χ0n) is 13.0. The van der Waals surface area contributed by atoms with E-state index in [4.69, 9.17) is 18.9 Å². The van der Waals surface area contributed by atoms with Crippen LogP contribution in [-0.4, -0.2) is 90.5 Å². The summed E-state index contributed by atoms with van der Waals surface area (Å²) in [6.45, 7) is 6.10. The summed E-state index contributed by atoms with van der Waals surface area (Å²) >= 11 is 0. The number of methoxy groups -OCH3 is 2. The van der Waals surface area contributed by atoms with E-state index in [1.54, 1.807) is 7.11 Å². The molecule has 7 nitrogen and oxygen atoms in total. The van der Waals surface area contributed by atoms with E-state index >= 15 is 0 Å². The Kier molecular flexibility index (Phi) is 10.4. The maximum atomic E-state index is 11.2. The van der Waals surface area contributed by atoms with Crippen LogP contribution in [0, 0.1) is 0 Å². The highest BCUT2D eigenvalue weighted by molar-refractivity contribution is 5.69. The number of carbonyl (C=O) groups excluding carboxylic acids is 1. The van der Waals surface area contributed by atoms with Gasteiger partial charge >= 0.3 is 5.97 Å². The van der Waals surface area contributed by atoms with Gasteiger partial charge < -0.3 is 23.7 Å². The molecule has 1 saturated heterocycles. The normalized spacial score (nSPS) is 19.6. The highest BCUT2D eigenvalue weighted by Gasteiger charge is 2.22. The van der Waals surface area contributed by atoms with Gasteiger partial charge in [0.1, 0.15) is 0 Å². The Bertz CT molecular complexity index is 276. The first-order valence-electron chi connectivity index (χ1n) is 7.31. The predicted molar refractivity (Wildman–Crippen MR) is 76.3 cm³/mol. The van der Waals surface area contributed by atoms with Crippen molar-refractivity contribution in [2.75, 3.05) is 73.5 Å². The SMILES string of the molecule is COCCOCCOCCN1CCOC(CC(=O)OC)C1. The minimum Gasteiger partial charge on any atom is -0.469 e. The van der Waals surface area contributed by atoms with Gasteiger partial charge in [0.2, 0.25) is 0 Å². The van der Waals surface area contributed by atoms with Crippen molar-refractivity contribution in [1.82, 2.24) is 4.90 Å². The van der Waals surface area contributed by atoms with E-state index in [9.17, 15) is 4.79 Å². The van der Waals surface area contributed by atoms with Crippen molar-refractivity contribution in [3.63, 3.8) is 0 Å². The van der Waals surface area contributed by atoms with Crippen LogP contribution in [0.5, 0.6) is 0 Å². The highest BCUT2D eigenvalue weighted by atomic mass is 16.5. The average Bonchev–Trinajstić information content (AvgIpc) is 2.50. The summed E-state index contributed by atoms with van der Waals surface area (Å²) < 4.78 is 25.9. The van der Waals surface area contributed by atoms with Crippen molar-refractivity contribution >= 4 is 5.97 Å². The smallest absolute Gasteiger partial charge is 0.308 e. The van der Waals surface area contributed by atoms with Gasteiger partial charge in [0.15, 0.2) is 0 Å². The molecular weight excluding hydrogens is 278 g/mol. The van der Waals surface area contributed by atoms with E-state index in [1.165, 1.54) is 7.11 Å². The second-order valence-corrected chi connectivity index (χ2v) is 4.79. The third-order valence-corrected chi connectivity index (χ3v) is 3.20. The Hall–Kier alpha value is -0.730. The average molecular weight is 305 g/mol. The molecule has 0 aliphatic carbocycles. The zero-order valence-corrected chi connectivity index (χ0v) is 13.0. The monoisotopic (exact) mass is 305 g/mol. The molecule has 1 unspecified atom stereocenters. The Balaban J connectivity index is 2.00. The molecular formula is C14H27NO6. The van der Waals surface area contributed by atoms with Crippen LogP contribution in [-0.2, 0) is 28.5 Å². The fourth-order valence-electron chi connectivity index (χ4n) is 2.03. The molecule has 1 fully saturated rings. The number of morpholine rings is 1. The number of esters is 1. The van der Waals surface area contributed by atoms with Gasteiger partial charge in [0.25, 0.3) is 0 Å². The third-order valence-electron chi connectivity index (χ3n) is 3.20. The summed E-state index contributed by atoms with van der Waals surface area (Å²) in [4.78, 5) is 13.5.